The van der Waals surface area contributed by atoms with Gasteiger partial charge in [0, 0.05) is 6.54 Å². The summed E-state index contributed by atoms with van der Waals surface area (Å²) in [5, 5.41) is 0. The van der Waals surface area contributed by atoms with Crippen molar-refractivity contribution >= 4 is 0 Å². The van der Waals surface area contributed by atoms with Crippen LogP contribution in [-0.2, 0) is 6.18 Å². The van der Waals surface area contributed by atoms with Crippen LogP contribution in [0.3, 0.4) is 0 Å². The van der Waals surface area contributed by atoms with Crippen LogP contribution in [-0.4, -0.2) is 46.1 Å². The van der Waals surface area contributed by atoms with E-state index in [2.05, 4.69) is 9.97 Å². The van der Waals surface area contributed by atoms with E-state index in [1.165, 1.54) is 4.90 Å². The van der Waals surface area contributed by atoms with Crippen molar-refractivity contribution < 1.29 is 26.7 Å². The first-order valence-electron chi connectivity index (χ1n) is 6.03. The Kier molecular flexibility index (Phi) is 4.02. The first-order valence-corrected chi connectivity index (χ1v) is 6.03. The van der Waals surface area contributed by atoms with Crippen LogP contribution in [0.1, 0.15) is 12.6 Å². The Morgan fingerprint density at radius 1 is 1.38 bits per heavy atom. The Morgan fingerprint density at radius 2 is 2.05 bits per heavy atom. The summed E-state index contributed by atoms with van der Waals surface area (Å²) >= 11 is 0. The molecule has 0 spiro atoms. The van der Waals surface area contributed by atoms with Gasteiger partial charge < -0.3 is 10.5 Å². The Hall–Kier alpha value is -1.55. The van der Waals surface area contributed by atoms with E-state index >= 15 is 0 Å². The molecule has 10 heteroatoms. The SMILES string of the molecule is CC(N)N1CC(Oc2cnc(C(F)(F)F)cn2)C(F)(F)C1. The molecule has 0 aromatic carbocycles. The van der Waals surface area contributed by atoms with E-state index in [1.807, 2.05) is 0 Å². The van der Waals surface area contributed by atoms with Gasteiger partial charge in [-0.1, -0.05) is 0 Å². The van der Waals surface area contributed by atoms with E-state index in [1.54, 1.807) is 6.92 Å². The van der Waals surface area contributed by atoms with E-state index in [9.17, 15) is 22.0 Å². The minimum absolute atomic E-state index is 0.145. The van der Waals surface area contributed by atoms with Crippen molar-refractivity contribution in [2.24, 2.45) is 5.73 Å². The van der Waals surface area contributed by atoms with Crippen LogP contribution in [0.5, 0.6) is 5.88 Å². The third-order valence-electron chi connectivity index (χ3n) is 3.04. The number of halogens is 5. The molecular formula is C11H13F5N4O. The molecule has 0 radical (unpaired) electrons. The first kappa shape index (κ1) is 15.8. The molecule has 1 saturated heterocycles. The second kappa shape index (κ2) is 5.34. The fraction of sp³-hybridized carbons (Fsp3) is 0.636. The van der Waals surface area contributed by atoms with E-state index < -0.39 is 36.6 Å². The molecule has 1 aliphatic rings. The van der Waals surface area contributed by atoms with E-state index in [4.69, 9.17) is 10.5 Å². The predicted molar refractivity (Wildman–Crippen MR) is 61.6 cm³/mol. The molecule has 1 aromatic heterocycles. The van der Waals surface area contributed by atoms with Gasteiger partial charge in [-0.2, -0.15) is 13.2 Å². The maximum absolute atomic E-state index is 13.7. The smallest absolute Gasteiger partial charge is 0.434 e. The maximum Gasteiger partial charge on any atom is 0.434 e. The number of aromatic nitrogens is 2. The van der Waals surface area contributed by atoms with Crippen molar-refractivity contribution in [3.8, 4) is 5.88 Å². The second-order valence-corrected chi connectivity index (χ2v) is 4.78. The molecule has 0 saturated carbocycles. The Balaban J connectivity index is 2.08. The molecule has 1 aromatic rings. The number of nitrogens with zero attached hydrogens (tertiary/aromatic N) is 3. The van der Waals surface area contributed by atoms with Gasteiger partial charge in [-0.05, 0) is 6.92 Å². The van der Waals surface area contributed by atoms with E-state index in [-0.39, 0.29) is 12.4 Å². The fourth-order valence-electron chi connectivity index (χ4n) is 1.89. The summed E-state index contributed by atoms with van der Waals surface area (Å²) in [6.45, 7) is 0.827. The van der Waals surface area contributed by atoms with E-state index in [0.29, 0.717) is 12.4 Å². The summed E-state index contributed by atoms with van der Waals surface area (Å²) in [4.78, 5) is 7.76. The molecule has 0 aliphatic carbocycles. The van der Waals surface area contributed by atoms with Gasteiger partial charge in [-0.3, -0.25) is 4.90 Å². The average molecular weight is 312 g/mol. The Labute approximate surface area is 116 Å². The van der Waals surface area contributed by atoms with Crippen molar-refractivity contribution in [2.75, 3.05) is 13.1 Å². The summed E-state index contributed by atoms with van der Waals surface area (Å²) in [6.07, 6.45) is -5.65. The lowest BCUT2D eigenvalue weighted by molar-refractivity contribution is -0.141. The summed E-state index contributed by atoms with van der Waals surface area (Å²) in [5.74, 6) is -3.56. The lowest BCUT2D eigenvalue weighted by Gasteiger charge is -2.18. The average Bonchev–Trinajstić information content (AvgIpc) is 2.65. The van der Waals surface area contributed by atoms with Crippen molar-refractivity contribution in [1.29, 1.82) is 0 Å². The lowest BCUT2D eigenvalue weighted by Crippen LogP contribution is -2.39. The molecule has 2 heterocycles. The molecule has 1 fully saturated rings. The second-order valence-electron chi connectivity index (χ2n) is 4.78. The van der Waals surface area contributed by atoms with Gasteiger partial charge >= 0.3 is 6.18 Å². The van der Waals surface area contributed by atoms with Crippen molar-refractivity contribution in [3.63, 3.8) is 0 Å². The van der Waals surface area contributed by atoms with Crippen LogP contribution in [0, 0.1) is 0 Å². The van der Waals surface area contributed by atoms with Crippen LogP contribution in [0.2, 0.25) is 0 Å². The Bertz CT molecular complexity index is 490. The summed E-state index contributed by atoms with van der Waals surface area (Å²) in [7, 11) is 0. The number of hydrogen-bond donors (Lipinski definition) is 1. The molecule has 0 bridgehead atoms. The fourth-order valence-corrected chi connectivity index (χ4v) is 1.89. The monoisotopic (exact) mass is 312 g/mol. The molecule has 2 N–H and O–H groups in total. The highest BCUT2D eigenvalue weighted by molar-refractivity contribution is 5.11. The zero-order valence-corrected chi connectivity index (χ0v) is 10.9. The van der Waals surface area contributed by atoms with Crippen molar-refractivity contribution in [2.45, 2.75) is 31.3 Å². The summed E-state index contributed by atoms with van der Waals surface area (Å²) < 4.78 is 69.3. The third kappa shape index (κ3) is 3.56. The molecule has 2 atom stereocenters. The number of hydrogen-bond acceptors (Lipinski definition) is 5. The highest BCUT2D eigenvalue weighted by Crippen LogP contribution is 2.32. The third-order valence-corrected chi connectivity index (χ3v) is 3.04. The molecule has 21 heavy (non-hydrogen) atoms. The zero-order chi connectivity index (χ0) is 15.8. The van der Waals surface area contributed by atoms with E-state index in [0.717, 1.165) is 0 Å². The number of ether oxygens (including phenoxy) is 1. The number of rotatable bonds is 3. The van der Waals surface area contributed by atoms with Gasteiger partial charge in [-0.25, -0.2) is 18.7 Å². The molecule has 1 aliphatic heterocycles. The lowest BCUT2D eigenvalue weighted by atomic mass is 10.2. The molecule has 2 unspecified atom stereocenters. The van der Waals surface area contributed by atoms with Gasteiger partial charge in [0.05, 0.1) is 25.1 Å². The topological polar surface area (TPSA) is 64.3 Å². The summed E-state index contributed by atoms with van der Waals surface area (Å²) in [6, 6.07) is 0. The van der Waals surface area contributed by atoms with Gasteiger partial charge in [0.2, 0.25) is 5.88 Å². The normalized spacial score (nSPS) is 24.0. The van der Waals surface area contributed by atoms with Crippen LogP contribution < -0.4 is 10.5 Å². The van der Waals surface area contributed by atoms with Gasteiger partial charge in [-0.15, -0.1) is 0 Å². The van der Waals surface area contributed by atoms with Gasteiger partial charge in [0.1, 0.15) is 0 Å². The standard InChI is InChI=1S/C11H13F5N4O/c1-6(17)20-4-8(10(12,13)5-20)21-9-3-18-7(2-19-9)11(14,15)16/h2-3,6,8H,4-5,17H2,1H3. The number of alkyl halides is 5. The Morgan fingerprint density at radius 3 is 2.48 bits per heavy atom. The molecule has 118 valence electrons. The largest absolute Gasteiger partial charge is 0.465 e. The van der Waals surface area contributed by atoms with Gasteiger partial charge in [0.15, 0.2) is 11.8 Å². The van der Waals surface area contributed by atoms with Crippen LogP contribution in [0.25, 0.3) is 0 Å². The quantitative estimate of drug-likeness (QED) is 0.857. The zero-order valence-electron chi connectivity index (χ0n) is 10.9. The molecular weight excluding hydrogens is 299 g/mol. The van der Waals surface area contributed by atoms with Gasteiger partial charge in [0.25, 0.3) is 5.92 Å². The minimum Gasteiger partial charge on any atom is -0.465 e. The highest BCUT2D eigenvalue weighted by atomic mass is 19.4. The van der Waals surface area contributed by atoms with Crippen molar-refractivity contribution in [3.05, 3.63) is 18.1 Å². The van der Waals surface area contributed by atoms with Crippen LogP contribution in [0.15, 0.2) is 12.4 Å². The maximum atomic E-state index is 13.7. The minimum atomic E-state index is -4.64. The first-order chi connectivity index (χ1) is 9.59. The highest BCUT2D eigenvalue weighted by Gasteiger charge is 2.50. The molecule has 5 nitrogen and oxygen atoms in total. The predicted octanol–water partition coefficient (Wildman–Crippen LogP) is 1.50. The molecule has 2 rings (SSSR count). The van der Waals surface area contributed by atoms with Crippen LogP contribution in [0.4, 0.5) is 22.0 Å². The number of nitrogens with two attached hydrogens (primary N) is 1. The molecule has 0 amide bonds. The summed E-state index contributed by atoms with van der Waals surface area (Å²) in [5.41, 5.74) is 4.31. The van der Waals surface area contributed by atoms with Crippen LogP contribution >= 0.6 is 0 Å². The van der Waals surface area contributed by atoms with Crippen molar-refractivity contribution in [1.82, 2.24) is 14.9 Å². The number of likely N-dealkylation sites (tertiary alicyclic amines) is 1.